The number of nitrogens with one attached hydrogen (secondary N) is 2. The molecule has 2 aromatic carbocycles. The molecule has 0 bridgehead atoms. The fourth-order valence-electron chi connectivity index (χ4n) is 2.15. The molecular formula is C18H16FN3OS. The number of para-hydroxylation sites is 1. The van der Waals surface area contributed by atoms with Crippen LogP contribution in [0, 0.1) is 5.82 Å². The first kappa shape index (κ1) is 16.1. The minimum Gasteiger partial charge on any atom is -0.337 e. The lowest BCUT2D eigenvalue weighted by Crippen LogP contribution is -2.30. The van der Waals surface area contributed by atoms with Crippen molar-refractivity contribution in [3.63, 3.8) is 0 Å². The van der Waals surface area contributed by atoms with E-state index in [1.807, 2.05) is 35.7 Å². The zero-order valence-corrected chi connectivity index (χ0v) is 13.6. The molecule has 3 aromatic rings. The van der Waals surface area contributed by atoms with Crippen molar-refractivity contribution < 1.29 is 9.18 Å². The molecule has 0 saturated carbocycles. The van der Waals surface area contributed by atoms with Crippen molar-refractivity contribution in [3.05, 3.63) is 71.5 Å². The van der Waals surface area contributed by atoms with Crippen molar-refractivity contribution in [2.75, 3.05) is 11.9 Å². The molecule has 0 radical (unpaired) electrons. The quantitative estimate of drug-likeness (QED) is 0.726. The normalized spacial score (nSPS) is 10.4. The van der Waals surface area contributed by atoms with Gasteiger partial charge in [0, 0.05) is 29.6 Å². The van der Waals surface area contributed by atoms with E-state index in [0.717, 1.165) is 22.0 Å². The van der Waals surface area contributed by atoms with Crippen molar-refractivity contribution in [1.29, 1.82) is 0 Å². The van der Waals surface area contributed by atoms with E-state index in [2.05, 4.69) is 15.6 Å². The first-order valence-electron chi connectivity index (χ1n) is 7.51. The summed E-state index contributed by atoms with van der Waals surface area (Å²) in [5, 5.41) is 8.36. The van der Waals surface area contributed by atoms with Crippen LogP contribution in [0.1, 0.15) is 5.69 Å². The SMILES string of the molecule is O=C(NCCc1csc(-c2ccc(F)cc2)n1)Nc1ccccc1. The Hall–Kier alpha value is -2.73. The van der Waals surface area contributed by atoms with E-state index in [1.165, 1.54) is 23.5 Å². The molecule has 24 heavy (non-hydrogen) atoms. The third kappa shape index (κ3) is 4.39. The summed E-state index contributed by atoms with van der Waals surface area (Å²) < 4.78 is 12.9. The van der Waals surface area contributed by atoms with E-state index in [9.17, 15) is 9.18 Å². The van der Waals surface area contributed by atoms with Gasteiger partial charge in [-0.15, -0.1) is 11.3 Å². The molecule has 0 fully saturated rings. The average molecular weight is 341 g/mol. The van der Waals surface area contributed by atoms with Crippen LogP contribution in [-0.4, -0.2) is 17.6 Å². The predicted octanol–water partition coefficient (Wildman–Crippen LogP) is 4.31. The standard InChI is InChI=1S/C18H16FN3OS/c19-14-8-6-13(7-9-14)17-21-16(12-24-17)10-11-20-18(23)22-15-4-2-1-3-5-15/h1-9,12H,10-11H2,(H2,20,22,23). The van der Waals surface area contributed by atoms with Crippen molar-refractivity contribution in [2.24, 2.45) is 0 Å². The lowest BCUT2D eigenvalue weighted by molar-refractivity contribution is 0.252. The van der Waals surface area contributed by atoms with Crippen LogP contribution in [0.2, 0.25) is 0 Å². The highest BCUT2D eigenvalue weighted by atomic mass is 32.1. The van der Waals surface area contributed by atoms with Gasteiger partial charge in [-0.05, 0) is 36.4 Å². The highest BCUT2D eigenvalue weighted by Crippen LogP contribution is 2.23. The van der Waals surface area contributed by atoms with Gasteiger partial charge in [-0.25, -0.2) is 14.2 Å². The van der Waals surface area contributed by atoms with Crippen LogP contribution in [0.15, 0.2) is 60.0 Å². The maximum absolute atomic E-state index is 12.9. The second-order valence-corrected chi connectivity index (χ2v) is 6.01. The number of aromatic nitrogens is 1. The maximum atomic E-state index is 12.9. The number of carbonyl (C=O) groups excluding carboxylic acids is 1. The molecule has 3 rings (SSSR count). The van der Waals surface area contributed by atoms with Gasteiger partial charge in [0.25, 0.3) is 0 Å². The van der Waals surface area contributed by atoms with Gasteiger partial charge in [0.2, 0.25) is 0 Å². The molecule has 2 amide bonds. The Morgan fingerprint density at radius 3 is 2.58 bits per heavy atom. The van der Waals surface area contributed by atoms with Crippen molar-refractivity contribution in [1.82, 2.24) is 10.3 Å². The number of thiazole rings is 1. The second-order valence-electron chi connectivity index (χ2n) is 5.15. The number of amides is 2. The van der Waals surface area contributed by atoms with Gasteiger partial charge in [-0.2, -0.15) is 0 Å². The van der Waals surface area contributed by atoms with Crippen LogP contribution >= 0.6 is 11.3 Å². The molecule has 0 atom stereocenters. The number of carbonyl (C=O) groups is 1. The molecule has 1 aromatic heterocycles. The van der Waals surface area contributed by atoms with Crippen LogP contribution < -0.4 is 10.6 Å². The topological polar surface area (TPSA) is 54.0 Å². The fraction of sp³-hybridized carbons (Fsp3) is 0.111. The first-order valence-corrected chi connectivity index (χ1v) is 8.39. The Morgan fingerprint density at radius 2 is 1.83 bits per heavy atom. The van der Waals surface area contributed by atoms with Gasteiger partial charge in [0.1, 0.15) is 10.8 Å². The summed E-state index contributed by atoms with van der Waals surface area (Å²) in [5.41, 5.74) is 2.55. The summed E-state index contributed by atoms with van der Waals surface area (Å²) in [6, 6.07) is 15.3. The summed E-state index contributed by atoms with van der Waals surface area (Å²) >= 11 is 1.51. The maximum Gasteiger partial charge on any atom is 0.319 e. The zero-order chi connectivity index (χ0) is 16.8. The molecule has 1 heterocycles. The molecule has 2 N–H and O–H groups in total. The molecule has 0 aliphatic rings. The van der Waals surface area contributed by atoms with Crippen LogP contribution in [0.5, 0.6) is 0 Å². The number of benzene rings is 2. The predicted molar refractivity (Wildman–Crippen MR) is 94.7 cm³/mol. The Bertz CT molecular complexity index is 803. The molecular weight excluding hydrogens is 325 g/mol. The number of hydrogen-bond donors (Lipinski definition) is 2. The lowest BCUT2D eigenvalue weighted by Gasteiger charge is -2.06. The molecule has 0 aliphatic carbocycles. The molecule has 6 heteroatoms. The Morgan fingerprint density at radius 1 is 1.08 bits per heavy atom. The summed E-state index contributed by atoms with van der Waals surface area (Å²) in [5.74, 6) is -0.260. The third-order valence-electron chi connectivity index (χ3n) is 3.34. The molecule has 0 aliphatic heterocycles. The van der Waals surface area contributed by atoms with Gasteiger partial charge in [0.05, 0.1) is 5.69 Å². The van der Waals surface area contributed by atoms with Gasteiger partial charge >= 0.3 is 6.03 Å². The van der Waals surface area contributed by atoms with Crippen molar-refractivity contribution >= 4 is 23.1 Å². The Labute approximate surface area is 143 Å². The van der Waals surface area contributed by atoms with Crippen LogP contribution in [0.25, 0.3) is 10.6 Å². The van der Waals surface area contributed by atoms with Gasteiger partial charge in [-0.1, -0.05) is 18.2 Å². The van der Waals surface area contributed by atoms with E-state index in [4.69, 9.17) is 0 Å². The van der Waals surface area contributed by atoms with Gasteiger partial charge in [0.15, 0.2) is 0 Å². The Balaban J connectivity index is 1.49. The number of urea groups is 1. The summed E-state index contributed by atoms with van der Waals surface area (Å²) in [6.07, 6.45) is 0.639. The molecule has 4 nitrogen and oxygen atoms in total. The van der Waals surface area contributed by atoms with Crippen molar-refractivity contribution in [2.45, 2.75) is 6.42 Å². The monoisotopic (exact) mass is 341 g/mol. The minimum atomic E-state index is -0.260. The van der Waals surface area contributed by atoms with E-state index in [-0.39, 0.29) is 11.8 Å². The van der Waals surface area contributed by atoms with Crippen LogP contribution in [0.4, 0.5) is 14.9 Å². The van der Waals surface area contributed by atoms with E-state index in [1.54, 1.807) is 12.1 Å². The third-order valence-corrected chi connectivity index (χ3v) is 4.28. The van der Waals surface area contributed by atoms with E-state index in [0.29, 0.717) is 13.0 Å². The summed E-state index contributed by atoms with van der Waals surface area (Å²) in [4.78, 5) is 16.3. The summed E-state index contributed by atoms with van der Waals surface area (Å²) in [7, 11) is 0. The lowest BCUT2D eigenvalue weighted by atomic mass is 10.2. The average Bonchev–Trinajstić information content (AvgIpc) is 3.05. The van der Waals surface area contributed by atoms with Crippen LogP contribution in [-0.2, 0) is 6.42 Å². The number of hydrogen-bond acceptors (Lipinski definition) is 3. The molecule has 0 unspecified atom stereocenters. The second kappa shape index (κ2) is 7.70. The number of rotatable bonds is 5. The highest BCUT2D eigenvalue weighted by Gasteiger charge is 2.06. The van der Waals surface area contributed by atoms with Gasteiger partial charge in [-0.3, -0.25) is 0 Å². The number of nitrogens with zero attached hydrogens (tertiary/aromatic N) is 1. The molecule has 0 saturated heterocycles. The highest BCUT2D eigenvalue weighted by molar-refractivity contribution is 7.13. The largest absolute Gasteiger partial charge is 0.337 e. The smallest absolute Gasteiger partial charge is 0.319 e. The number of anilines is 1. The summed E-state index contributed by atoms with van der Waals surface area (Å²) in [6.45, 7) is 0.491. The van der Waals surface area contributed by atoms with E-state index >= 15 is 0 Å². The fourth-order valence-corrected chi connectivity index (χ4v) is 3.01. The first-order chi connectivity index (χ1) is 11.7. The van der Waals surface area contributed by atoms with Gasteiger partial charge < -0.3 is 10.6 Å². The number of halogens is 1. The Kier molecular flexibility index (Phi) is 5.18. The van der Waals surface area contributed by atoms with Crippen molar-refractivity contribution in [3.8, 4) is 10.6 Å². The van der Waals surface area contributed by atoms with E-state index < -0.39 is 0 Å². The molecule has 122 valence electrons. The zero-order valence-electron chi connectivity index (χ0n) is 12.8. The minimum absolute atomic E-state index is 0.241. The van der Waals surface area contributed by atoms with Crippen LogP contribution in [0.3, 0.4) is 0 Å². The molecule has 0 spiro atoms.